The van der Waals surface area contributed by atoms with Crippen LogP contribution in [-0.2, 0) is 4.79 Å². The topological polar surface area (TPSA) is 83.6 Å². The Kier molecular flexibility index (Phi) is 3.44. The summed E-state index contributed by atoms with van der Waals surface area (Å²) in [7, 11) is 0. The number of aromatic nitrogens is 1. The number of nitrogens with zero attached hydrogens (tertiary/aromatic N) is 2. The van der Waals surface area contributed by atoms with E-state index in [0.29, 0.717) is 18.7 Å². The average Bonchev–Trinajstić information content (AvgIpc) is 3.15. The second kappa shape index (κ2) is 5.29. The van der Waals surface area contributed by atoms with Crippen LogP contribution in [-0.4, -0.2) is 40.1 Å². The minimum Gasteiger partial charge on any atom is -0.481 e. The first-order valence-electron chi connectivity index (χ1n) is 7.04. The largest absolute Gasteiger partial charge is 0.481 e. The summed E-state index contributed by atoms with van der Waals surface area (Å²) in [5.41, 5.74) is 0.559. The van der Waals surface area contributed by atoms with E-state index in [-0.39, 0.29) is 18.2 Å². The molecule has 1 aromatic carbocycles. The van der Waals surface area contributed by atoms with Gasteiger partial charge in [-0.2, -0.15) is 0 Å². The first-order valence-corrected chi connectivity index (χ1v) is 7.04. The number of carbonyl (C=O) groups excluding carboxylic acids is 1. The quantitative estimate of drug-likeness (QED) is 0.940. The summed E-state index contributed by atoms with van der Waals surface area (Å²) in [6.45, 7) is 2.24. The lowest BCUT2D eigenvalue weighted by Gasteiger charge is -2.19. The molecular formula is C16H16N2O4. The molecule has 0 radical (unpaired) electrons. The van der Waals surface area contributed by atoms with E-state index in [1.165, 1.54) is 4.90 Å². The van der Waals surface area contributed by atoms with Gasteiger partial charge in [0.05, 0.1) is 5.41 Å². The van der Waals surface area contributed by atoms with Crippen LogP contribution in [0.3, 0.4) is 0 Å². The fraction of sp³-hybridized carbons (Fsp3) is 0.312. The summed E-state index contributed by atoms with van der Waals surface area (Å²) in [6, 6.07) is 11.0. The molecule has 2 aromatic rings. The van der Waals surface area contributed by atoms with Crippen molar-refractivity contribution in [3.05, 3.63) is 42.2 Å². The lowest BCUT2D eigenvalue weighted by molar-refractivity contribution is -0.147. The number of hydrogen-bond donors (Lipinski definition) is 1. The number of likely N-dealkylation sites (tertiary alicyclic amines) is 1. The minimum absolute atomic E-state index is 0.133. The Morgan fingerprint density at radius 3 is 2.68 bits per heavy atom. The molecule has 6 heteroatoms. The van der Waals surface area contributed by atoms with E-state index in [4.69, 9.17) is 4.52 Å². The number of amides is 1. The van der Waals surface area contributed by atoms with Crippen molar-refractivity contribution in [3.63, 3.8) is 0 Å². The summed E-state index contributed by atoms with van der Waals surface area (Å²) in [5, 5.41) is 13.1. The number of aliphatic carboxylic acids is 1. The molecule has 1 N–H and O–H groups in total. The number of carbonyl (C=O) groups is 2. The lowest BCUT2D eigenvalue weighted by Crippen LogP contribution is -2.34. The van der Waals surface area contributed by atoms with Crippen LogP contribution < -0.4 is 0 Å². The van der Waals surface area contributed by atoms with Gasteiger partial charge in [0.2, 0.25) is 5.76 Å². The molecule has 0 saturated carbocycles. The fourth-order valence-electron chi connectivity index (χ4n) is 2.59. The first-order chi connectivity index (χ1) is 10.5. The van der Waals surface area contributed by atoms with E-state index in [9.17, 15) is 14.7 Å². The molecule has 1 unspecified atom stereocenters. The molecule has 0 spiro atoms. The van der Waals surface area contributed by atoms with Crippen LogP contribution in [0.15, 0.2) is 40.9 Å². The fourth-order valence-corrected chi connectivity index (χ4v) is 2.59. The Labute approximate surface area is 127 Å². The van der Waals surface area contributed by atoms with Crippen molar-refractivity contribution in [3.8, 4) is 11.3 Å². The van der Waals surface area contributed by atoms with Gasteiger partial charge in [-0.05, 0) is 13.3 Å². The number of benzene rings is 1. The van der Waals surface area contributed by atoms with Gasteiger partial charge in [-0.25, -0.2) is 0 Å². The molecular weight excluding hydrogens is 284 g/mol. The zero-order valence-corrected chi connectivity index (χ0v) is 12.2. The second-order valence-electron chi connectivity index (χ2n) is 5.78. The molecule has 22 heavy (non-hydrogen) atoms. The zero-order chi connectivity index (χ0) is 15.7. The summed E-state index contributed by atoms with van der Waals surface area (Å²) in [6.07, 6.45) is 0.438. The minimum atomic E-state index is -0.891. The van der Waals surface area contributed by atoms with Gasteiger partial charge in [0.1, 0.15) is 5.69 Å². The van der Waals surface area contributed by atoms with Crippen LogP contribution >= 0.6 is 0 Å². The molecule has 1 amide bonds. The van der Waals surface area contributed by atoms with E-state index >= 15 is 0 Å². The van der Waals surface area contributed by atoms with Crippen LogP contribution in [0.2, 0.25) is 0 Å². The highest BCUT2D eigenvalue weighted by atomic mass is 16.5. The zero-order valence-electron chi connectivity index (χ0n) is 12.2. The predicted molar refractivity (Wildman–Crippen MR) is 78.2 cm³/mol. The molecule has 114 valence electrons. The highest BCUT2D eigenvalue weighted by Gasteiger charge is 2.42. The summed E-state index contributed by atoms with van der Waals surface area (Å²) in [4.78, 5) is 25.1. The highest BCUT2D eigenvalue weighted by Crippen LogP contribution is 2.31. The van der Waals surface area contributed by atoms with Gasteiger partial charge in [0.15, 0.2) is 0 Å². The normalized spacial score (nSPS) is 21.0. The predicted octanol–water partition coefficient (Wildman–Crippen LogP) is 2.28. The number of carboxylic acids is 1. The van der Waals surface area contributed by atoms with Gasteiger partial charge >= 0.3 is 5.97 Å². The molecule has 1 aliphatic rings. The summed E-state index contributed by atoms with van der Waals surface area (Å²) in [5.74, 6) is -1.07. The third-order valence-electron chi connectivity index (χ3n) is 4.07. The maximum absolute atomic E-state index is 12.4. The van der Waals surface area contributed by atoms with Crippen LogP contribution in [0, 0.1) is 5.41 Å². The van der Waals surface area contributed by atoms with E-state index in [1.54, 1.807) is 13.0 Å². The first kappa shape index (κ1) is 14.3. The Morgan fingerprint density at radius 1 is 1.32 bits per heavy atom. The van der Waals surface area contributed by atoms with E-state index in [2.05, 4.69) is 5.16 Å². The number of rotatable bonds is 3. The van der Waals surface area contributed by atoms with Crippen molar-refractivity contribution in [2.24, 2.45) is 5.41 Å². The Morgan fingerprint density at radius 2 is 2.05 bits per heavy atom. The maximum Gasteiger partial charge on any atom is 0.311 e. The van der Waals surface area contributed by atoms with Crippen molar-refractivity contribution < 1.29 is 19.2 Å². The SMILES string of the molecule is CC1(C(=O)O)CCN(C(=O)c2cc(-c3ccccc3)no2)C1. The lowest BCUT2D eigenvalue weighted by atomic mass is 9.90. The summed E-state index contributed by atoms with van der Waals surface area (Å²) >= 11 is 0. The third kappa shape index (κ3) is 2.47. The average molecular weight is 300 g/mol. The van der Waals surface area contributed by atoms with Gasteiger partial charge in [-0.1, -0.05) is 35.5 Å². The molecule has 3 rings (SSSR count). The standard InChI is InChI=1S/C16H16N2O4/c1-16(15(20)21)7-8-18(10-16)14(19)13-9-12(17-22-13)11-5-3-2-4-6-11/h2-6,9H,7-8,10H2,1H3,(H,20,21). The summed E-state index contributed by atoms with van der Waals surface area (Å²) < 4.78 is 5.13. The van der Waals surface area contributed by atoms with E-state index < -0.39 is 11.4 Å². The smallest absolute Gasteiger partial charge is 0.311 e. The Balaban J connectivity index is 1.77. The molecule has 1 fully saturated rings. The Bertz CT molecular complexity index is 710. The third-order valence-corrected chi connectivity index (χ3v) is 4.07. The van der Waals surface area contributed by atoms with Gasteiger partial charge in [-0.15, -0.1) is 0 Å². The van der Waals surface area contributed by atoms with Crippen molar-refractivity contribution in [2.75, 3.05) is 13.1 Å². The molecule has 0 aliphatic carbocycles. The molecule has 1 aliphatic heterocycles. The van der Waals surface area contributed by atoms with Crippen molar-refractivity contribution >= 4 is 11.9 Å². The number of hydrogen-bond acceptors (Lipinski definition) is 4. The Hall–Kier alpha value is -2.63. The van der Waals surface area contributed by atoms with Crippen molar-refractivity contribution in [2.45, 2.75) is 13.3 Å². The van der Waals surface area contributed by atoms with Crippen LogP contribution in [0.1, 0.15) is 23.9 Å². The second-order valence-corrected chi connectivity index (χ2v) is 5.78. The van der Waals surface area contributed by atoms with E-state index in [1.807, 2.05) is 30.3 Å². The molecule has 1 saturated heterocycles. The maximum atomic E-state index is 12.4. The highest BCUT2D eigenvalue weighted by molar-refractivity contribution is 5.93. The van der Waals surface area contributed by atoms with Crippen LogP contribution in [0.25, 0.3) is 11.3 Å². The molecule has 1 aromatic heterocycles. The van der Waals surface area contributed by atoms with Gasteiger partial charge in [0, 0.05) is 24.7 Å². The van der Waals surface area contributed by atoms with Crippen molar-refractivity contribution in [1.82, 2.24) is 10.1 Å². The van der Waals surface area contributed by atoms with Crippen molar-refractivity contribution in [1.29, 1.82) is 0 Å². The van der Waals surface area contributed by atoms with Crippen LogP contribution in [0.4, 0.5) is 0 Å². The van der Waals surface area contributed by atoms with E-state index in [0.717, 1.165) is 5.56 Å². The molecule has 1 atom stereocenters. The van der Waals surface area contributed by atoms with Crippen LogP contribution in [0.5, 0.6) is 0 Å². The molecule has 6 nitrogen and oxygen atoms in total. The van der Waals surface area contributed by atoms with Gasteiger partial charge in [-0.3, -0.25) is 9.59 Å². The monoisotopic (exact) mass is 300 g/mol. The van der Waals surface area contributed by atoms with Gasteiger partial charge in [0.25, 0.3) is 5.91 Å². The molecule has 2 heterocycles. The number of carboxylic acid groups (broad SMARTS) is 1. The van der Waals surface area contributed by atoms with Gasteiger partial charge < -0.3 is 14.5 Å². The molecule has 0 bridgehead atoms.